The molecule has 170 valence electrons. The van der Waals surface area contributed by atoms with Crippen molar-refractivity contribution in [2.75, 3.05) is 6.61 Å². The highest BCUT2D eigenvalue weighted by Crippen LogP contribution is 2.39. The van der Waals surface area contributed by atoms with Crippen LogP contribution in [-0.4, -0.2) is 41.3 Å². The lowest BCUT2D eigenvalue weighted by atomic mass is 9.81. The first-order valence-corrected chi connectivity index (χ1v) is 11.5. The van der Waals surface area contributed by atoms with Crippen molar-refractivity contribution in [1.29, 1.82) is 0 Å². The van der Waals surface area contributed by atoms with Crippen LogP contribution in [0.15, 0.2) is 27.1 Å². The number of benzene rings is 1. The molecule has 2 heterocycles. The summed E-state index contributed by atoms with van der Waals surface area (Å²) in [7, 11) is 0. The maximum absolute atomic E-state index is 12.8. The Hall–Kier alpha value is -2.68. The van der Waals surface area contributed by atoms with Crippen LogP contribution in [0.5, 0.6) is 0 Å². The van der Waals surface area contributed by atoms with Crippen LogP contribution in [0, 0.1) is 11.8 Å². The third-order valence-corrected chi connectivity index (χ3v) is 6.67. The van der Waals surface area contributed by atoms with Gasteiger partial charge in [0.15, 0.2) is 0 Å². The number of esters is 2. The van der Waals surface area contributed by atoms with Gasteiger partial charge in [0.05, 0.1) is 24.0 Å². The van der Waals surface area contributed by atoms with Crippen LogP contribution in [0.25, 0.3) is 11.0 Å². The van der Waals surface area contributed by atoms with Crippen molar-refractivity contribution in [1.82, 2.24) is 4.90 Å². The highest BCUT2D eigenvalue weighted by Gasteiger charge is 2.51. The fraction of sp³-hybridized carbons (Fsp3) is 0.478. The van der Waals surface area contributed by atoms with Gasteiger partial charge in [-0.25, -0.2) is 9.59 Å². The first-order chi connectivity index (χ1) is 15.3. The minimum absolute atomic E-state index is 0.0419. The molecule has 2 fully saturated rings. The van der Waals surface area contributed by atoms with Crippen LogP contribution in [0.4, 0.5) is 0 Å². The van der Waals surface area contributed by atoms with Crippen LogP contribution in [0.3, 0.4) is 0 Å². The number of hydrogen-bond donors (Lipinski definition) is 0. The van der Waals surface area contributed by atoms with Gasteiger partial charge >= 0.3 is 11.9 Å². The van der Waals surface area contributed by atoms with Crippen molar-refractivity contribution in [2.24, 2.45) is 11.8 Å². The van der Waals surface area contributed by atoms with Crippen LogP contribution >= 0.6 is 15.9 Å². The van der Waals surface area contributed by atoms with E-state index in [4.69, 9.17) is 13.9 Å². The van der Waals surface area contributed by atoms with E-state index in [9.17, 15) is 19.2 Å². The Morgan fingerprint density at radius 2 is 1.81 bits per heavy atom. The lowest BCUT2D eigenvalue weighted by molar-refractivity contribution is -0.159. The van der Waals surface area contributed by atoms with E-state index in [1.165, 1.54) is 6.92 Å². The number of carbonyl (C=O) groups excluding carboxylic acids is 4. The van der Waals surface area contributed by atoms with Crippen molar-refractivity contribution in [3.63, 3.8) is 0 Å². The molecule has 9 heteroatoms. The van der Waals surface area contributed by atoms with E-state index in [1.54, 1.807) is 25.1 Å². The average molecular weight is 506 g/mol. The number of hydrogen-bond acceptors (Lipinski definition) is 7. The zero-order chi connectivity index (χ0) is 23.0. The van der Waals surface area contributed by atoms with Gasteiger partial charge in [-0.05, 0) is 44.9 Å². The molecule has 3 atom stereocenters. The first kappa shape index (κ1) is 22.5. The molecule has 1 aliphatic heterocycles. The number of nitrogens with zero attached hydrogens (tertiary/aromatic N) is 1. The lowest BCUT2D eigenvalue weighted by Gasteiger charge is -2.21. The summed E-state index contributed by atoms with van der Waals surface area (Å²) in [5.41, 5.74) is 0.817. The third kappa shape index (κ3) is 3.94. The van der Waals surface area contributed by atoms with E-state index < -0.39 is 18.0 Å². The second kappa shape index (κ2) is 9.05. The predicted molar refractivity (Wildman–Crippen MR) is 116 cm³/mol. The fourth-order valence-corrected chi connectivity index (χ4v) is 4.93. The molecule has 32 heavy (non-hydrogen) atoms. The maximum atomic E-state index is 12.8. The number of halogens is 1. The van der Waals surface area contributed by atoms with Crippen molar-refractivity contribution in [2.45, 2.75) is 52.2 Å². The van der Waals surface area contributed by atoms with E-state index in [0.29, 0.717) is 29.4 Å². The second-order valence-electron chi connectivity index (χ2n) is 8.10. The van der Waals surface area contributed by atoms with E-state index in [0.717, 1.165) is 22.2 Å². The molecule has 1 saturated heterocycles. The van der Waals surface area contributed by atoms with E-state index >= 15 is 0 Å². The number of imide groups is 1. The number of amides is 2. The summed E-state index contributed by atoms with van der Waals surface area (Å²) in [6.45, 7) is 3.08. The Morgan fingerprint density at radius 1 is 1.16 bits per heavy atom. The van der Waals surface area contributed by atoms with E-state index in [-0.39, 0.29) is 42.6 Å². The highest BCUT2D eigenvalue weighted by atomic mass is 79.9. The molecule has 2 aliphatic rings. The summed E-state index contributed by atoms with van der Waals surface area (Å²) in [6, 6.07) is 4.17. The summed E-state index contributed by atoms with van der Waals surface area (Å²) in [4.78, 5) is 51.8. The molecule has 1 aliphatic carbocycles. The largest absolute Gasteiger partial charge is 0.460 e. The van der Waals surface area contributed by atoms with Gasteiger partial charge in [-0.15, -0.1) is 0 Å². The molecule has 2 aromatic rings. The molecular formula is C23H24BrNO7. The Bertz CT molecular complexity index is 1070. The normalized spacial score (nSPS) is 21.5. The highest BCUT2D eigenvalue weighted by molar-refractivity contribution is 9.10. The third-order valence-electron chi connectivity index (χ3n) is 6.18. The van der Waals surface area contributed by atoms with Gasteiger partial charge in [0, 0.05) is 9.86 Å². The Labute approximate surface area is 193 Å². The van der Waals surface area contributed by atoms with Crippen LogP contribution in [0.2, 0.25) is 0 Å². The lowest BCUT2D eigenvalue weighted by Crippen LogP contribution is -2.44. The Balaban J connectivity index is 1.54. The van der Waals surface area contributed by atoms with Gasteiger partial charge in [0.1, 0.15) is 18.2 Å². The summed E-state index contributed by atoms with van der Waals surface area (Å²) >= 11 is 3.39. The maximum Gasteiger partial charge on any atom is 0.374 e. The van der Waals surface area contributed by atoms with Gasteiger partial charge in [0.25, 0.3) is 0 Å². The molecule has 0 bridgehead atoms. The van der Waals surface area contributed by atoms with Gasteiger partial charge in [0.2, 0.25) is 17.6 Å². The predicted octanol–water partition coefficient (Wildman–Crippen LogP) is 3.98. The standard InChI is InChI=1S/C23H24BrNO7/c1-3-30-23(29)19-17(16-10-13(24)8-9-18(16)32-19)11-31-22(28)12(2)25-20(26)14-6-4-5-7-15(14)21(25)27/h8-10,12,14-15H,3-7,11H2,1-2H3/t12-,14-,15+/m0/s1. The van der Waals surface area contributed by atoms with Gasteiger partial charge in [-0.2, -0.15) is 0 Å². The molecule has 4 rings (SSSR count). The van der Waals surface area contributed by atoms with Gasteiger partial charge in [-0.3, -0.25) is 14.5 Å². The second-order valence-corrected chi connectivity index (χ2v) is 9.01. The molecule has 8 nitrogen and oxygen atoms in total. The topological polar surface area (TPSA) is 103 Å². The molecule has 0 unspecified atom stereocenters. The summed E-state index contributed by atoms with van der Waals surface area (Å²) in [5, 5.41) is 0.599. The van der Waals surface area contributed by atoms with Crippen molar-refractivity contribution >= 4 is 50.7 Å². The number of ether oxygens (including phenoxy) is 2. The Morgan fingerprint density at radius 3 is 2.44 bits per heavy atom. The monoisotopic (exact) mass is 505 g/mol. The summed E-state index contributed by atoms with van der Waals surface area (Å²) in [6.07, 6.45) is 3.16. The zero-order valence-corrected chi connectivity index (χ0v) is 19.5. The molecule has 0 radical (unpaired) electrons. The van der Waals surface area contributed by atoms with Crippen LogP contribution in [0.1, 0.15) is 55.6 Å². The molecule has 2 amide bonds. The number of rotatable bonds is 6. The number of fused-ring (bicyclic) bond motifs is 2. The molecular weight excluding hydrogens is 482 g/mol. The number of furan rings is 1. The summed E-state index contributed by atoms with van der Waals surface area (Å²) in [5.74, 6) is -2.69. The van der Waals surface area contributed by atoms with Crippen LogP contribution < -0.4 is 0 Å². The fourth-order valence-electron chi connectivity index (χ4n) is 4.56. The minimum Gasteiger partial charge on any atom is -0.460 e. The molecule has 0 N–H and O–H groups in total. The summed E-state index contributed by atoms with van der Waals surface area (Å²) < 4.78 is 16.9. The van der Waals surface area contributed by atoms with E-state index in [1.807, 2.05) is 0 Å². The average Bonchev–Trinajstić information content (AvgIpc) is 3.26. The SMILES string of the molecule is CCOC(=O)c1oc2ccc(Br)cc2c1COC(=O)[C@H](C)N1C(=O)[C@H]2CCCC[C@H]2C1=O. The number of carbonyl (C=O) groups is 4. The smallest absolute Gasteiger partial charge is 0.374 e. The van der Waals surface area contributed by atoms with Crippen molar-refractivity contribution in [3.05, 3.63) is 34.0 Å². The van der Waals surface area contributed by atoms with E-state index in [2.05, 4.69) is 15.9 Å². The van der Waals surface area contributed by atoms with Gasteiger partial charge in [-0.1, -0.05) is 28.8 Å². The molecule has 1 aromatic carbocycles. The quantitative estimate of drug-likeness (QED) is 0.431. The minimum atomic E-state index is -1.04. The Kier molecular flexibility index (Phi) is 6.37. The van der Waals surface area contributed by atoms with Crippen molar-refractivity contribution < 1.29 is 33.1 Å². The first-order valence-electron chi connectivity index (χ1n) is 10.7. The van der Waals surface area contributed by atoms with Gasteiger partial charge < -0.3 is 13.9 Å². The zero-order valence-electron chi connectivity index (χ0n) is 17.9. The number of likely N-dealkylation sites (tertiary alicyclic amines) is 1. The van der Waals surface area contributed by atoms with Crippen molar-refractivity contribution in [3.8, 4) is 0 Å². The van der Waals surface area contributed by atoms with Crippen LogP contribution in [-0.2, 0) is 30.5 Å². The molecule has 1 aromatic heterocycles. The molecule has 1 saturated carbocycles. The molecule has 0 spiro atoms.